The first-order chi connectivity index (χ1) is 7.77. The Labute approximate surface area is 95.0 Å². The van der Waals surface area contributed by atoms with Crippen molar-refractivity contribution in [2.24, 2.45) is 0 Å². The number of nitrogens with zero attached hydrogens (tertiary/aromatic N) is 2. The predicted molar refractivity (Wildman–Crippen MR) is 60.2 cm³/mol. The molecule has 0 amide bonds. The van der Waals surface area contributed by atoms with Gasteiger partial charge in [0.2, 0.25) is 0 Å². The summed E-state index contributed by atoms with van der Waals surface area (Å²) >= 11 is 0. The van der Waals surface area contributed by atoms with E-state index in [1.54, 1.807) is 4.57 Å². The van der Waals surface area contributed by atoms with E-state index in [2.05, 4.69) is 4.98 Å². The van der Waals surface area contributed by atoms with E-state index >= 15 is 0 Å². The molecule has 5 heteroatoms. The first kappa shape index (κ1) is 12.9. The standard InChI is InChI=1S/C11H18N2O3/c1-3-15-11(16-4-2)6-8-13-9-12-7-5-10(13)14/h5,7,9,11H,3-4,6,8H2,1-2H3. The molecule has 1 rings (SSSR count). The molecule has 0 bridgehead atoms. The maximum Gasteiger partial charge on any atom is 0.253 e. The molecule has 1 aromatic heterocycles. The van der Waals surface area contributed by atoms with E-state index in [0.29, 0.717) is 26.2 Å². The molecule has 0 saturated carbocycles. The Morgan fingerprint density at radius 2 is 2.06 bits per heavy atom. The van der Waals surface area contributed by atoms with Crippen molar-refractivity contribution >= 4 is 0 Å². The van der Waals surface area contributed by atoms with Crippen LogP contribution in [-0.2, 0) is 16.0 Å². The Bertz CT molecular complexity index is 345. The van der Waals surface area contributed by atoms with Crippen molar-refractivity contribution in [2.75, 3.05) is 13.2 Å². The van der Waals surface area contributed by atoms with Gasteiger partial charge in [0.05, 0.1) is 6.33 Å². The number of rotatable bonds is 7. The molecule has 1 aromatic rings. The van der Waals surface area contributed by atoms with Gasteiger partial charge in [-0.25, -0.2) is 4.98 Å². The summed E-state index contributed by atoms with van der Waals surface area (Å²) in [6, 6.07) is 1.44. The van der Waals surface area contributed by atoms with Crippen LogP contribution in [0.15, 0.2) is 23.4 Å². The molecule has 0 aliphatic rings. The van der Waals surface area contributed by atoms with Crippen molar-refractivity contribution in [1.82, 2.24) is 9.55 Å². The number of aryl methyl sites for hydroxylation is 1. The molecule has 0 N–H and O–H groups in total. The monoisotopic (exact) mass is 226 g/mol. The fourth-order valence-corrected chi connectivity index (χ4v) is 1.38. The lowest BCUT2D eigenvalue weighted by atomic mass is 10.4. The van der Waals surface area contributed by atoms with Crippen LogP contribution in [0.5, 0.6) is 0 Å². The van der Waals surface area contributed by atoms with Crippen LogP contribution in [0.1, 0.15) is 20.3 Å². The zero-order valence-electron chi connectivity index (χ0n) is 9.76. The van der Waals surface area contributed by atoms with Crippen LogP contribution in [0.25, 0.3) is 0 Å². The normalized spacial score (nSPS) is 10.9. The summed E-state index contributed by atoms with van der Waals surface area (Å²) in [4.78, 5) is 15.3. The number of aromatic nitrogens is 2. The van der Waals surface area contributed by atoms with Gasteiger partial charge in [-0.15, -0.1) is 0 Å². The summed E-state index contributed by atoms with van der Waals surface area (Å²) in [5.41, 5.74) is -0.0539. The van der Waals surface area contributed by atoms with E-state index in [-0.39, 0.29) is 11.8 Å². The summed E-state index contributed by atoms with van der Waals surface area (Å²) in [6.45, 7) is 5.60. The molecule has 0 aliphatic heterocycles. The molecule has 0 saturated heterocycles. The lowest BCUT2D eigenvalue weighted by molar-refractivity contribution is -0.141. The highest BCUT2D eigenvalue weighted by Crippen LogP contribution is 2.02. The quantitative estimate of drug-likeness (QED) is 0.652. The Morgan fingerprint density at radius 1 is 1.38 bits per heavy atom. The minimum Gasteiger partial charge on any atom is -0.353 e. The van der Waals surface area contributed by atoms with Crippen LogP contribution >= 0.6 is 0 Å². The largest absolute Gasteiger partial charge is 0.353 e. The molecule has 16 heavy (non-hydrogen) atoms. The molecule has 0 spiro atoms. The van der Waals surface area contributed by atoms with Crippen molar-refractivity contribution in [3.8, 4) is 0 Å². The zero-order chi connectivity index (χ0) is 11.8. The van der Waals surface area contributed by atoms with Crippen LogP contribution in [-0.4, -0.2) is 29.1 Å². The van der Waals surface area contributed by atoms with Crippen molar-refractivity contribution in [3.63, 3.8) is 0 Å². The fraction of sp³-hybridized carbons (Fsp3) is 0.636. The maximum atomic E-state index is 11.4. The predicted octanol–water partition coefficient (Wildman–Crippen LogP) is 1.03. The highest BCUT2D eigenvalue weighted by Gasteiger charge is 2.08. The lowest BCUT2D eigenvalue weighted by Gasteiger charge is -2.16. The van der Waals surface area contributed by atoms with E-state index in [1.165, 1.54) is 18.6 Å². The first-order valence-corrected chi connectivity index (χ1v) is 5.51. The van der Waals surface area contributed by atoms with Gasteiger partial charge in [-0.1, -0.05) is 0 Å². The average Bonchev–Trinajstić information content (AvgIpc) is 2.28. The molecule has 0 fully saturated rings. The van der Waals surface area contributed by atoms with Gasteiger partial charge < -0.3 is 9.47 Å². The summed E-state index contributed by atoms with van der Waals surface area (Å²) in [5.74, 6) is 0. The summed E-state index contributed by atoms with van der Waals surface area (Å²) in [5, 5.41) is 0. The van der Waals surface area contributed by atoms with E-state index < -0.39 is 0 Å². The van der Waals surface area contributed by atoms with Gasteiger partial charge in [-0.05, 0) is 13.8 Å². The topological polar surface area (TPSA) is 53.4 Å². The molecule has 0 aromatic carbocycles. The maximum absolute atomic E-state index is 11.4. The molecular formula is C11H18N2O3. The minimum absolute atomic E-state index is 0.0539. The minimum atomic E-state index is -0.248. The second-order valence-electron chi connectivity index (χ2n) is 3.24. The molecule has 5 nitrogen and oxygen atoms in total. The van der Waals surface area contributed by atoms with Crippen LogP contribution in [0, 0.1) is 0 Å². The molecule has 0 unspecified atom stereocenters. The highest BCUT2D eigenvalue weighted by atomic mass is 16.7. The molecule has 90 valence electrons. The molecule has 0 radical (unpaired) electrons. The van der Waals surface area contributed by atoms with E-state index in [0.717, 1.165) is 0 Å². The molecular weight excluding hydrogens is 208 g/mol. The third-order valence-corrected chi connectivity index (χ3v) is 2.10. The van der Waals surface area contributed by atoms with Crippen LogP contribution in [0.2, 0.25) is 0 Å². The Kier molecular flexibility index (Phi) is 5.74. The van der Waals surface area contributed by atoms with Gasteiger partial charge >= 0.3 is 0 Å². The molecule has 1 heterocycles. The van der Waals surface area contributed by atoms with Gasteiger partial charge in [0.25, 0.3) is 5.56 Å². The highest BCUT2D eigenvalue weighted by molar-refractivity contribution is 4.81. The van der Waals surface area contributed by atoms with Crippen LogP contribution in [0.4, 0.5) is 0 Å². The van der Waals surface area contributed by atoms with Crippen molar-refractivity contribution in [3.05, 3.63) is 28.9 Å². The summed E-state index contributed by atoms with van der Waals surface area (Å²) in [6.07, 6.45) is 3.41. The second kappa shape index (κ2) is 7.14. The second-order valence-corrected chi connectivity index (χ2v) is 3.24. The third-order valence-electron chi connectivity index (χ3n) is 2.10. The third kappa shape index (κ3) is 4.12. The SMILES string of the molecule is CCOC(CCn1cnccc1=O)OCC. The van der Waals surface area contributed by atoms with Gasteiger partial charge in [0.1, 0.15) is 0 Å². The van der Waals surface area contributed by atoms with Crippen molar-refractivity contribution < 1.29 is 9.47 Å². The van der Waals surface area contributed by atoms with Crippen LogP contribution in [0.3, 0.4) is 0 Å². The summed E-state index contributed by atoms with van der Waals surface area (Å²) < 4.78 is 12.3. The molecule has 0 atom stereocenters. The Hall–Kier alpha value is -1.20. The zero-order valence-corrected chi connectivity index (χ0v) is 9.76. The van der Waals surface area contributed by atoms with Crippen molar-refractivity contribution in [2.45, 2.75) is 33.1 Å². The summed E-state index contributed by atoms with van der Waals surface area (Å²) in [7, 11) is 0. The van der Waals surface area contributed by atoms with Crippen molar-refractivity contribution in [1.29, 1.82) is 0 Å². The van der Waals surface area contributed by atoms with Gasteiger partial charge in [0, 0.05) is 38.4 Å². The van der Waals surface area contributed by atoms with Gasteiger partial charge in [-0.3, -0.25) is 9.36 Å². The number of ether oxygens (including phenoxy) is 2. The van der Waals surface area contributed by atoms with E-state index in [4.69, 9.17) is 9.47 Å². The fourth-order valence-electron chi connectivity index (χ4n) is 1.38. The number of hydrogen-bond donors (Lipinski definition) is 0. The van der Waals surface area contributed by atoms with Crippen LogP contribution < -0.4 is 5.56 Å². The average molecular weight is 226 g/mol. The van der Waals surface area contributed by atoms with Gasteiger partial charge in [0.15, 0.2) is 6.29 Å². The first-order valence-electron chi connectivity index (χ1n) is 5.51. The Morgan fingerprint density at radius 3 is 2.62 bits per heavy atom. The number of hydrogen-bond acceptors (Lipinski definition) is 4. The molecule has 0 aliphatic carbocycles. The van der Waals surface area contributed by atoms with E-state index in [9.17, 15) is 4.79 Å². The lowest BCUT2D eigenvalue weighted by Crippen LogP contribution is -2.24. The van der Waals surface area contributed by atoms with Gasteiger partial charge in [-0.2, -0.15) is 0 Å². The smallest absolute Gasteiger partial charge is 0.253 e. The van der Waals surface area contributed by atoms with E-state index in [1.807, 2.05) is 13.8 Å². The Balaban J connectivity index is 2.48.